The SMILES string of the molecule is COc1ccc2nc(C(F)(F)F)c3c(c2c1)C(O)C[C@]1(C[C@H]2C(=O)N[C@]4(C(=O)OC5CC5(C(C)C)S(N)(=O)=O)CC4/C=C\CCCCC[C@H](NC(=O)OC(C)(C)C)C(=O)N2C1)O3. The molecule has 8 atom stereocenters. The number of pyridine rings is 1. The molecule has 340 valence electrons. The van der Waals surface area contributed by atoms with Gasteiger partial charge in [-0.1, -0.05) is 38.8 Å². The van der Waals surface area contributed by atoms with E-state index < -0.39 is 122 Å². The number of aliphatic hydroxyl groups excluding tert-OH is 1. The first kappa shape index (κ1) is 45.3. The summed E-state index contributed by atoms with van der Waals surface area (Å²) < 4.78 is 91.2. The number of hydrogen-bond acceptors (Lipinski definition) is 12. The smallest absolute Gasteiger partial charge is 0.437 e. The van der Waals surface area contributed by atoms with Gasteiger partial charge in [0, 0.05) is 36.1 Å². The van der Waals surface area contributed by atoms with Gasteiger partial charge in [-0.3, -0.25) is 9.59 Å². The third-order valence-electron chi connectivity index (χ3n) is 12.7. The number of aliphatic hydroxyl groups is 1. The van der Waals surface area contributed by atoms with E-state index in [1.54, 1.807) is 40.7 Å². The van der Waals surface area contributed by atoms with Crippen molar-refractivity contribution in [2.24, 2.45) is 17.0 Å². The number of primary sulfonamides is 1. The minimum Gasteiger partial charge on any atom is -0.497 e. The standard InChI is InChI=1S/C42H54F3N5O11S/c1-22(2)41(62(46,56)57)20-30(41)59-36(54)40-17-23(40)12-10-8-7-9-11-13-27(48-37(55)61-38(3,4)5)35(53)50-21-39(18-28(50)34(52)49-40)19-29(51)31-25-16-24(58-6)14-15-26(25)47-33(32(31)60-39)42(43,44)45/h10,12,14-16,22-23,27-30,51H,7-9,11,13,17-21H2,1-6H3,(H,48,55)(H,49,52)(H2,46,56,57)/b12-10-/t23?,27-,28-,29?,30?,39-,40+,41?/m0/s1. The molecule has 3 fully saturated rings. The minimum atomic E-state index is -5.06. The summed E-state index contributed by atoms with van der Waals surface area (Å²) in [6, 6.07) is 1.42. The number of hydrogen-bond donors (Lipinski definition) is 4. The lowest BCUT2D eigenvalue weighted by molar-refractivity contribution is -0.152. The van der Waals surface area contributed by atoms with Gasteiger partial charge in [0.05, 0.1) is 25.3 Å². The van der Waals surface area contributed by atoms with Crippen LogP contribution in [0.4, 0.5) is 18.0 Å². The number of methoxy groups -OCH3 is 1. The van der Waals surface area contributed by atoms with E-state index in [1.165, 1.54) is 25.3 Å². The predicted octanol–water partition coefficient (Wildman–Crippen LogP) is 4.71. The number of fused-ring (bicyclic) bond motifs is 5. The van der Waals surface area contributed by atoms with Crippen LogP contribution in [0.2, 0.25) is 0 Å². The van der Waals surface area contributed by atoms with Crippen molar-refractivity contribution in [3.8, 4) is 11.5 Å². The van der Waals surface area contributed by atoms with E-state index in [-0.39, 0.29) is 47.9 Å². The predicted molar refractivity (Wildman–Crippen MR) is 216 cm³/mol. The summed E-state index contributed by atoms with van der Waals surface area (Å²) in [5.41, 5.74) is -6.13. The number of sulfonamides is 1. The van der Waals surface area contributed by atoms with Gasteiger partial charge in [-0.15, -0.1) is 0 Å². The first-order valence-electron chi connectivity index (χ1n) is 20.8. The lowest BCUT2D eigenvalue weighted by atomic mass is 9.85. The molecule has 5 N–H and O–H groups in total. The number of halogens is 3. The van der Waals surface area contributed by atoms with Gasteiger partial charge < -0.3 is 39.6 Å². The monoisotopic (exact) mass is 893 g/mol. The lowest BCUT2D eigenvalue weighted by Crippen LogP contribution is -2.57. The highest BCUT2D eigenvalue weighted by molar-refractivity contribution is 7.91. The molecule has 0 bridgehead atoms. The Labute approximate surface area is 357 Å². The average molecular weight is 894 g/mol. The first-order chi connectivity index (χ1) is 28.8. The van der Waals surface area contributed by atoms with E-state index in [2.05, 4.69) is 15.6 Å². The Kier molecular flexibility index (Phi) is 11.6. The highest BCUT2D eigenvalue weighted by atomic mass is 32.2. The van der Waals surface area contributed by atoms with Crippen LogP contribution < -0.4 is 25.2 Å². The van der Waals surface area contributed by atoms with Crippen molar-refractivity contribution in [1.29, 1.82) is 0 Å². The van der Waals surface area contributed by atoms with E-state index >= 15 is 0 Å². The number of nitrogens with two attached hydrogens (primary N) is 1. The van der Waals surface area contributed by atoms with E-state index in [1.807, 2.05) is 6.08 Å². The number of aromatic nitrogens is 1. The number of nitrogens with zero attached hydrogens (tertiary/aromatic N) is 2. The number of benzene rings is 1. The molecule has 2 saturated carbocycles. The van der Waals surface area contributed by atoms with Crippen molar-refractivity contribution >= 4 is 44.8 Å². The Bertz CT molecular complexity index is 2300. The van der Waals surface area contributed by atoms with E-state index in [4.69, 9.17) is 24.1 Å². The molecule has 1 aromatic carbocycles. The van der Waals surface area contributed by atoms with Crippen LogP contribution in [0.5, 0.6) is 11.5 Å². The molecule has 3 aliphatic heterocycles. The zero-order valence-corrected chi connectivity index (χ0v) is 36.3. The van der Waals surface area contributed by atoms with E-state index in [9.17, 15) is 45.9 Å². The van der Waals surface area contributed by atoms with Crippen LogP contribution in [0, 0.1) is 11.8 Å². The number of alkyl carbamates (subject to hydrolysis) is 1. The molecule has 2 aromatic rings. The summed E-state index contributed by atoms with van der Waals surface area (Å²) in [7, 11) is -2.79. The number of nitrogens with one attached hydrogen (secondary N) is 2. The first-order valence-corrected chi connectivity index (χ1v) is 22.4. The van der Waals surface area contributed by atoms with Gasteiger partial charge >= 0.3 is 18.2 Å². The van der Waals surface area contributed by atoms with Gasteiger partial charge in [0.25, 0.3) is 0 Å². The quantitative estimate of drug-likeness (QED) is 0.229. The van der Waals surface area contributed by atoms with Gasteiger partial charge in [-0.2, -0.15) is 13.2 Å². The third-order valence-corrected chi connectivity index (χ3v) is 14.7. The molecular formula is C42H54F3N5O11S. The molecule has 1 spiro atoms. The van der Waals surface area contributed by atoms with Crippen LogP contribution in [0.3, 0.4) is 0 Å². The maximum Gasteiger partial charge on any atom is 0.437 e. The number of ether oxygens (including phenoxy) is 4. The van der Waals surface area contributed by atoms with Crippen molar-refractivity contribution in [3.05, 3.63) is 41.6 Å². The Morgan fingerprint density at radius 3 is 2.45 bits per heavy atom. The second kappa shape index (κ2) is 15.8. The maximum absolute atomic E-state index is 14.8. The van der Waals surface area contributed by atoms with Crippen molar-refractivity contribution in [3.63, 3.8) is 0 Å². The van der Waals surface area contributed by atoms with Crippen LogP contribution in [0.25, 0.3) is 10.9 Å². The Balaban J connectivity index is 1.28. The number of amides is 3. The Morgan fingerprint density at radius 1 is 1.10 bits per heavy atom. The maximum atomic E-state index is 14.8. The molecule has 62 heavy (non-hydrogen) atoms. The van der Waals surface area contributed by atoms with Crippen LogP contribution in [0.15, 0.2) is 30.4 Å². The number of rotatable bonds is 6. The highest BCUT2D eigenvalue weighted by Gasteiger charge is 2.70. The Morgan fingerprint density at radius 2 is 1.82 bits per heavy atom. The third kappa shape index (κ3) is 8.41. The van der Waals surface area contributed by atoms with Crippen LogP contribution in [0.1, 0.15) is 110 Å². The molecule has 0 radical (unpaired) electrons. The van der Waals surface area contributed by atoms with Crippen LogP contribution in [-0.2, 0) is 40.1 Å². The molecule has 4 heterocycles. The summed E-state index contributed by atoms with van der Waals surface area (Å²) in [4.78, 5) is 61.9. The fraction of sp³-hybridized carbons (Fsp3) is 0.643. The largest absolute Gasteiger partial charge is 0.497 e. The summed E-state index contributed by atoms with van der Waals surface area (Å²) in [5, 5.41) is 23.0. The summed E-state index contributed by atoms with van der Waals surface area (Å²) in [5.74, 6) is -4.13. The molecule has 4 unspecified atom stereocenters. The fourth-order valence-electron chi connectivity index (χ4n) is 9.40. The second-order valence-electron chi connectivity index (χ2n) is 18.6. The van der Waals surface area contributed by atoms with Gasteiger partial charge in [0.2, 0.25) is 21.8 Å². The molecule has 7 rings (SSSR count). The zero-order valence-electron chi connectivity index (χ0n) is 35.5. The normalized spacial score (nSPS) is 32.0. The molecule has 20 heteroatoms. The van der Waals surface area contributed by atoms with Crippen molar-refractivity contribution in [2.75, 3.05) is 13.7 Å². The van der Waals surface area contributed by atoms with Crippen molar-refractivity contribution in [2.45, 2.75) is 144 Å². The molecule has 3 amide bonds. The van der Waals surface area contributed by atoms with Gasteiger partial charge in [-0.25, -0.2) is 28.1 Å². The second-order valence-corrected chi connectivity index (χ2v) is 20.4. The van der Waals surface area contributed by atoms with Crippen LogP contribution in [-0.4, -0.2) is 101 Å². The minimum absolute atomic E-state index is 0.0444. The topological polar surface area (TPSA) is 226 Å². The number of esters is 1. The van der Waals surface area contributed by atoms with Crippen molar-refractivity contribution in [1.82, 2.24) is 20.5 Å². The molecule has 1 saturated heterocycles. The Hall–Kier alpha value is -4.69. The molecular weight excluding hydrogens is 840 g/mol. The summed E-state index contributed by atoms with van der Waals surface area (Å²) in [6.07, 6.45) is -3.35. The fourth-order valence-corrected chi connectivity index (χ4v) is 10.9. The van der Waals surface area contributed by atoms with Gasteiger partial charge in [0.1, 0.15) is 45.4 Å². The highest BCUT2D eigenvalue weighted by Crippen LogP contribution is 2.55. The molecule has 1 aromatic heterocycles. The zero-order chi connectivity index (χ0) is 45.4. The molecule has 5 aliphatic rings. The van der Waals surface area contributed by atoms with Gasteiger partial charge in [0.15, 0.2) is 11.4 Å². The van der Waals surface area contributed by atoms with Crippen molar-refractivity contribution < 1.29 is 64.8 Å². The van der Waals surface area contributed by atoms with Crippen LogP contribution >= 0.6 is 0 Å². The lowest BCUT2D eigenvalue weighted by Gasteiger charge is -2.39. The number of alkyl halides is 3. The molecule has 2 aliphatic carbocycles. The average Bonchev–Trinajstić information content (AvgIpc) is 4.04. The van der Waals surface area contributed by atoms with E-state index in [0.717, 1.165) is 4.90 Å². The van der Waals surface area contributed by atoms with Gasteiger partial charge in [-0.05, 0) is 70.6 Å². The number of carbonyl (C=O) groups excluding carboxylic acids is 4. The number of allylic oxidation sites excluding steroid dienone is 1. The molecule has 16 nitrogen and oxygen atoms in total. The summed E-state index contributed by atoms with van der Waals surface area (Å²) in [6.45, 7) is 7.71. The van der Waals surface area contributed by atoms with E-state index in [0.29, 0.717) is 25.7 Å². The number of carbonyl (C=O) groups is 4. The summed E-state index contributed by atoms with van der Waals surface area (Å²) >= 11 is 0.